The van der Waals surface area contributed by atoms with Crippen molar-refractivity contribution in [3.63, 3.8) is 0 Å². The van der Waals surface area contributed by atoms with Crippen LogP contribution in [0.5, 0.6) is 5.75 Å². The molecule has 2 aromatic carbocycles. The van der Waals surface area contributed by atoms with Crippen LogP contribution < -0.4 is 9.64 Å². The fourth-order valence-electron chi connectivity index (χ4n) is 4.37. The Balaban J connectivity index is 1.45. The monoisotopic (exact) mass is 483 g/mol. The van der Waals surface area contributed by atoms with Crippen molar-refractivity contribution < 1.29 is 19.0 Å². The molecule has 4 rings (SSSR count). The molecular weight excluding hydrogens is 453 g/mol. The number of benzene rings is 2. The first-order valence-electron chi connectivity index (χ1n) is 11.5. The van der Waals surface area contributed by atoms with Gasteiger partial charge < -0.3 is 14.7 Å². The Labute approximate surface area is 203 Å². The van der Waals surface area contributed by atoms with E-state index >= 15 is 0 Å². The van der Waals surface area contributed by atoms with E-state index in [0.717, 1.165) is 53.7 Å². The fraction of sp³-hybridized carbons (Fsp3) is 0.385. The summed E-state index contributed by atoms with van der Waals surface area (Å²) in [7, 11) is 0. The van der Waals surface area contributed by atoms with Crippen molar-refractivity contribution in [1.82, 2.24) is 9.88 Å². The summed E-state index contributed by atoms with van der Waals surface area (Å²) in [5.41, 5.74) is 1.95. The molecule has 1 atom stereocenters. The molecule has 1 fully saturated rings. The van der Waals surface area contributed by atoms with Crippen LogP contribution >= 0.6 is 11.3 Å². The normalized spacial score (nSPS) is 16.7. The molecule has 1 aliphatic rings. The van der Waals surface area contributed by atoms with Gasteiger partial charge in [-0.2, -0.15) is 0 Å². The third-order valence-electron chi connectivity index (χ3n) is 5.83. The summed E-state index contributed by atoms with van der Waals surface area (Å²) in [5, 5.41) is 9.82. The van der Waals surface area contributed by atoms with E-state index in [-0.39, 0.29) is 12.4 Å². The zero-order valence-electron chi connectivity index (χ0n) is 19.5. The first-order chi connectivity index (χ1) is 16.4. The Morgan fingerprint density at radius 2 is 2.06 bits per heavy atom. The number of carboxylic acids is 1. The number of ether oxygens (including phenoxy) is 1. The number of piperazine rings is 1. The Morgan fingerprint density at radius 3 is 2.82 bits per heavy atom. The standard InChI is InChI=1S/C26H30FN3O3S/c1-18(2)11-22-16-29(15-19-5-3-8-23(12-19)33-17-25(31)32)9-10-30(22)26-28-14-24(34-26)20-6-4-7-21(27)13-20/h3-8,12-14,18,22H,9-11,15-17H2,1-2H3,(H,31,32)/t22-/m1/s1. The highest BCUT2D eigenvalue weighted by atomic mass is 32.1. The molecule has 6 nitrogen and oxygen atoms in total. The van der Waals surface area contributed by atoms with E-state index in [1.54, 1.807) is 29.5 Å². The number of aromatic nitrogens is 1. The van der Waals surface area contributed by atoms with Crippen LogP contribution in [0, 0.1) is 11.7 Å². The number of carboxylic acid groups (broad SMARTS) is 1. The molecule has 1 aliphatic heterocycles. The summed E-state index contributed by atoms with van der Waals surface area (Å²) in [6.07, 6.45) is 2.89. The summed E-state index contributed by atoms with van der Waals surface area (Å²) in [5.74, 6) is -0.107. The van der Waals surface area contributed by atoms with Crippen molar-refractivity contribution in [2.45, 2.75) is 32.9 Å². The lowest BCUT2D eigenvalue weighted by atomic mass is 10.00. The topological polar surface area (TPSA) is 65.9 Å². The highest BCUT2D eigenvalue weighted by Gasteiger charge is 2.29. The molecule has 3 aromatic rings. The van der Waals surface area contributed by atoms with E-state index in [2.05, 4.69) is 23.6 Å². The third kappa shape index (κ3) is 6.33. The van der Waals surface area contributed by atoms with Crippen LogP contribution in [-0.4, -0.2) is 53.2 Å². The Morgan fingerprint density at radius 1 is 1.24 bits per heavy atom. The zero-order valence-corrected chi connectivity index (χ0v) is 20.3. The first kappa shape index (κ1) is 24.2. The van der Waals surface area contributed by atoms with Gasteiger partial charge in [0.15, 0.2) is 11.7 Å². The Kier molecular flexibility index (Phi) is 7.80. The van der Waals surface area contributed by atoms with E-state index < -0.39 is 5.97 Å². The van der Waals surface area contributed by atoms with Gasteiger partial charge in [-0.1, -0.05) is 49.4 Å². The van der Waals surface area contributed by atoms with Crippen LogP contribution in [0.3, 0.4) is 0 Å². The molecular formula is C26H30FN3O3S. The van der Waals surface area contributed by atoms with Crippen LogP contribution in [0.15, 0.2) is 54.7 Å². The molecule has 2 heterocycles. The van der Waals surface area contributed by atoms with E-state index in [9.17, 15) is 9.18 Å². The number of hydrogen-bond donors (Lipinski definition) is 1. The van der Waals surface area contributed by atoms with Gasteiger partial charge in [-0.05, 0) is 47.7 Å². The lowest BCUT2D eigenvalue weighted by Crippen LogP contribution is -2.53. The second-order valence-corrected chi connectivity index (χ2v) is 10.1. The summed E-state index contributed by atoms with van der Waals surface area (Å²) >= 11 is 1.61. The van der Waals surface area contributed by atoms with Crippen molar-refractivity contribution in [2.24, 2.45) is 5.92 Å². The lowest BCUT2D eigenvalue weighted by Gasteiger charge is -2.42. The van der Waals surface area contributed by atoms with Crippen LogP contribution in [0.25, 0.3) is 10.4 Å². The molecule has 1 aromatic heterocycles. The molecule has 0 amide bonds. The number of halogens is 1. The minimum Gasteiger partial charge on any atom is -0.482 e. The van der Waals surface area contributed by atoms with E-state index in [1.165, 1.54) is 6.07 Å². The average Bonchev–Trinajstić information content (AvgIpc) is 3.28. The van der Waals surface area contributed by atoms with E-state index in [1.807, 2.05) is 30.5 Å². The molecule has 1 saturated heterocycles. The van der Waals surface area contributed by atoms with Gasteiger partial charge in [-0.25, -0.2) is 14.2 Å². The van der Waals surface area contributed by atoms with E-state index in [0.29, 0.717) is 17.7 Å². The number of aliphatic carboxylic acids is 1. The van der Waals surface area contributed by atoms with Gasteiger partial charge in [-0.3, -0.25) is 4.90 Å². The van der Waals surface area contributed by atoms with Crippen molar-refractivity contribution in [3.05, 3.63) is 66.1 Å². The fourth-order valence-corrected chi connectivity index (χ4v) is 5.38. The van der Waals surface area contributed by atoms with Crippen molar-refractivity contribution in [1.29, 1.82) is 0 Å². The minimum absolute atomic E-state index is 0.240. The predicted octanol–water partition coefficient (Wildman–Crippen LogP) is 5.15. The second kappa shape index (κ2) is 11.0. The molecule has 0 aliphatic carbocycles. The zero-order chi connectivity index (χ0) is 24.1. The molecule has 0 radical (unpaired) electrons. The van der Waals surface area contributed by atoms with Crippen molar-refractivity contribution in [2.75, 3.05) is 31.1 Å². The van der Waals surface area contributed by atoms with Gasteiger partial charge >= 0.3 is 5.97 Å². The SMILES string of the molecule is CC(C)C[C@@H]1CN(Cc2cccc(OCC(=O)O)c2)CCN1c1ncc(-c2cccc(F)c2)s1. The second-order valence-electron chi connectivity index (χ2n) is 9.06. The molecule has 0 spiro atoms. The van der Waals surface area contributed by atoms with Gasteiger partial charge in [0.05, 0.1) is 4.88 Å². The van der Waals surface area contributed by atoms with Gasteiger partial charge in [0.1, 0.15) is 11.6 Å². The summed E-state index contributed by atoms with van der Waals surface area (Å²) in [6, 6.07) is 14.6. The van der Waals surface area contributed by atoms with Gasteiger partial charge in [-0.15, -0.1) is 0 Å². The number of anilines is 1. The molecule has 1 N–H and O–H groups in total. The highest BCUT2D eigenvalue weighted by Crippen LogP contribution is 2.34. The summed E-state index contributed by atoms with van der Waals surface area (Å²) in [4.78, 5) is 21.3. The van der Waals surface area contributed by atoms with Crippen molar-refractivity contribution >= 4 is 22.4 Å². The molecule has 8 heteroatoms. The summed E-state index contributed by atoms with van der Waals surface area (Å²) in [6.45, 7) is 7.57. The predicted molar refractivity (Wildman–Crippen MR) is 133 cm³/mol. The maximum Gasteiger partial charge on any atom is 0.341 e. The molecule has 0 saturated carbocycles. The van der Waals surface area contributed by atoms with E-state index in [4.69, 9.17) is 14.8 Å². The lowest BCUT2D eigenvalue weighted by molar-refractivity contribution is -0.139. The average molecular weight is 484 g/mol. The smallest absolute Gasteiger partial charge is 0.341 e. The van der Waals surface area contributed by atoms with Crippen LogP contribution in [0.4, 0.5) is 9.52 Å². The number of thiazole rings is 1. The van der Waals surface area contributed by atoms with Crippen molar-refractivity contribution in [3.8, 4) is 16.2 Å². The molecule has 0 bridgehead atoms. The molecule has 180 valence electrons. The third-order valence-corrected chi connectivity index (χ3v) is 6.91. The first-order valence-corrected chi connectivity index (χ1v) is 12.3. The number of nitrogens with zero attached hydrogens (tertiary/aromatic N) is 3. The molecule has 0 unspecified atom stereocenters. The quantitative estimate of drug-likeness (QED) is 0.454. The number of rotatable bonds is 9. The highest BCUT2D eigenvalue weighted by molar-refractivity contribution is 7.18. The molecule has 34 heavy (non-hydrogen) atoms. The van der Waals surface area contributed by atoms with Crippen LogP contribution in [0.1, 0.15) is 25.8 Å². The Bertz CT molecular complexity index is 1120. The number of carbonyl (C=O) groups is 1. The maximum atomic E-state index is 13.7. The maximum absolute atomic E-state index is 13.7. The largest absolute Gasteiger partial charge is 0.482 e. The minimum atomic E-state index is -0.985. The van der Waals surface area contributed by atoms with Crippen LogP contribution in [-0.2, 0) is 11.3 Å². The summed E-state index contributed by atoms with van der Waals surface area (Å²) < 4.78 is 19.0. The number of hydrogen-bond acceptors (Lipinski definition) is 6. The van der Waals surface area contributed by atoms with Crippen LogP contribution in [0.2, 0.25) is 0 Å². The van der Waals surface area contributed by atoms with Gasteiger partial charge in [0, 0.05) is 38.4 Å². The van der Waals surface area contributed by atoms with Gasteiger partial charge in [0.25, 0.3) is 0 Å². The van der Waals surface area contributed by atoms with Gasteiger partial charge in [0.2, 0.25) is 0 Å². The Hall–Kier alpha value is -2.97.